The zero-order chi connectivity index (χ0) is 19.5. The molecule has 142 valence electrons. The van der Waals surface area contributed by atoms with Gasteiger partial charge in [-0.05, 0) is 19.4 Å². The molecule has 1 atom stereocenters. The Morgan fingerprint density at radius 1 is 1.33 bits per heavy atom. The highest BCUT2D eigenvalue weighted by molar-refractivity contribution is 6.31. The number of halogens is 4. The van der Waals surface area contributed by atoms with E-state index in [2.05, 4.69) is 19.9 Å². The average molecular weight is 399 g/mol. The van der Waals surface area contributed by atoms with Gasteiger partial charge < -0.3 is 14.5 Å². The number of aromatic amines is 1. The van der Waals surface area contributed by atoms with Crippen LogP contribution in [0.3, 0.4) is 0 Å². The molecule has 0 unspecified atom stereocenters. The van der Waals surface area contributed by atoms with Crippen LogP contribution >= 0.6 is 11.6 Å². The lowest BCUT2D eigenvalue weighted by molar-refractivity contribution is -0.148. The number of carbonyl (C=O) groups is 1. The van der Waals surface area contributed by atoms with Gasteiger partial charge in [0.2, 0.25) is 5.82 Å². The van der Waals surface area contributed by atoms with E-state index in [0.29, 0.717) is 27.4 Å². The number of aryl methyl sites for hydroxylation is 1. The van der Waals surface area contributed by atoms with Gasteiger partial charge in [0, 0.05) is 18.8 Å². The van der Waals surface area contributed by atoms with Crippen molar-refractivity contribution in [1.82, 2.24) is 29.4 Å². The molecule has 7 nitrogen and oxygen atoms in total. The van der Waals surface area contributed by atoms with Crippen LogP contribution in [-0.2, 0) is 19.3 Å². The molecule has 0 aliphatic carbocycles. The number of hydrogen-bond donors (Lipinski definition) is 1. The molecule has 0 aromatic carbocycles. The Balaban J connectivity index is 1.67. The summed E-state index contributed by atoms with van der Waals surface area (Å²) in [5.74, 6) is -1.30. The van der Waals surface area contributed by atoms with Crippen LogP contribution in [0.25, 0.3) is 11.2 Å². The maximum absolute atomic E-state index is 13.0. The number of nitrogens with one attached hydrogen (secondary N) is 1. The Bertz CT molecular complexity index is 1060. The Morgan fingerprint density at radius 3 is 2.78 bits per heavy atom. The molecule has 1 amide bonds. The number of amides is 1. The quantitative estimate of drug-likeness (QED) is 0.682. The molecule has 0 bridgehead atoms. The van der Waals surface area contributed by atoms with Crippen molar-refractivity contribution in [3.63, 3.8) is 0 Å². The molecule has 27 heavy (non-hydrogen) atoms. The van der Waals surface area contributed by atoms with Gasteiger partial charge in [-0.25, -0.2) is 15.0 Å². The number of rotatable bonds is 1. The number of pyridine rings is 1. The second-order valence-electron chi connectivity index (χ2n) is 6.48. The number of carbonyl (C=O) groups excluding carboxylic acids is 1. The topological polar surface area (TPSA) is 79.7 Å². The van der Waals surface area contributed by atoms with Crippen LogP contribution in [0.15, 0.2) is 12.4 Å². The molecule has 0 radical (unpaired) electrons. The summed E-state index contributed by atoms with van der Waals surface area (Å²) in [5.41, 5.74) is 1.95. The highest BCUT2D eigenvalue weighted by atomic mass is 35.5. The molecular formula is C16H14ClF3N6O. The van der Waals surface area contributed by atoms with E-state index in [0.717, 1.165) is 10.8 Å². The van der Waals surface area contributed by atoms with Crippen molar-refractivity contribution >= 4 is 28.7 Å². The zero-order valence-electron chi connectivity index (χ0n) is 14.3. The molecular weight excluding hydrogens is 385 g/mol. The summed E-state index contributed by atoms with van der Waals surface area (Å²) in [6.07, 6.45) is -1.93. The molecule has 1 N–H and O–H groups in total. The summed E-state index contributed by atoms with van der Waals surface area (Å²) in [6, 6.07) is -0.467. The molecule has 0 saturated heterocycles. The summed E-state index contributed by atoms with van der Waals surface area (Å²) in [5, 5.41) is 0.445. The number of imidazole rings is 2. The van der Waals surface area contributed by atoms with Crippen LogP contribution in [0.4, 0.5) is 13.2 Å². The van der Waals surface area contributed by atoms with Crippen LogP contribution in [0, 0.1) is 6.92 Å². The monoisotopic (exact) mass is 398 g/mol. The first kappa shape index (κ1) is 17.8. The van der Waals surface area contributed by atoms with Crippen molar-refractivity contribution in [1.29, 1.82) is 0 Å². The minimum atomic E-state index is -4.54. The van der Waals surface area contributed by atoms with Gasteiger partial charge in [0.25, 0.3) is 5.91 Å². The predicted molar refractivity (Wildman–Crippen MR) is 90.2 cm³/mol. The summed E-state index contributed by atoms with van der Waals surface area (Å²) < 4.78 is 40.3. The number of aromatic nitrogens is 5. The first-order valence-corrected chi connectivity index (χ1v) is 8.48. The van der Waals surface area contributed by atoms with E-state index in [-0.39, 0.29) is 18.9 Å². The number of hydrogen-bond acceptors (Lipinski definition) is 4. The van der Waals surface area contributed by atoms with E-state index in [1.165, 1.54) is 11.1 Å². The van der Waals surface area contributed by atoms with Gasteiger partial charge >= 0.3 is 6.18 Å². The van der Waals surface area contributed by atoms with Crippen LogP contribution in [0.1, 0.15) is 34.6 Å². The lowest BCUT2D eigenvalue weighted by atomic mass is 10.2. The van der Waals surface area contributed by atoms with E-state index in [1.54, 1.807) is 13.8 Å². The fourth-order valence-corrected chi connectivity index (χ4v) is 3.37. The van der Waals surface area contributed by atoms with Gasteiger partial charge in [-0.3, -0.25) is 4.79 Å². The fraction of sp³-hybridized carbons (Fsp3) is 0.375. The molecule has 1 aliphatic rings. The molecule has 4 rings (SSSR count). The van der Waals surface area contributed by atoms with Crippen LogP contribution in [-0.4, -0.2) is 41.4 Å². The molecule has 0 spiro atoms. The van der Waals surface area contributed by atoms with Gasteiger partial charge in [0.1, 0.15) is 0 Å². The van der Waals surface area contributed by atoms with Crippen LogP contribution in [0.5, 0.6) is 0 Å². The molecule has 3 aromatic heterocycles. The Kier molecular flexibility index (Phi) is 3.91. The van der Waals surface area contributed by atoms with Crippen LogP contribution < -0.4 is 0 Å². The minimum absolute atomic E-state index is 0.000743. The molecule has 11 heteroatoms. The minimum Gasteiger partial charge on any atom is -0.332 e. The predicted octanol–water partition coefficient (Wildman–Crippen LogP) is 3.18. The third-order valence-electron chi connectivity index (χ3n) is 4.68. The number of alkyl halides is 3. The van der Waals surface area contributed by atoms with Gasteiger partial charge in [-0.1, -0.05) is 11.6 Å². The molecule has 3 aromatic rings. The second-order valence-corrected chi connectivity index (χ2v) is 6.89. The average Bonchev–Trinajstić information content (AvgIpc) is 3.20. The van der Waals surface area contributed by atoms with Crippen molar-refractivity contribution in [2.75, 3.05) is 0 Å². The van der Waals surface area contributed by atoms with E-state index in [4.69, 9.17) is 11.6 Å². The maximum Gasteiger partial charge on any atom is 0.449 e. The van der Waals surface area contributed by atoms with E-state index in [1.807, 2.05) is 0 Å². The van der Waals surface area contributed by atoms with Crippen molar-refractivity contribution in [3.8, 4) is 0 Å². The van der Waals surface area contributed by atoms with E-state index < -0.39 is 23.9 Å². The number of fused-ring (bicyclic) bond motifs is 2. The zero-order valence-corrected chi connectivity index (χ0v) is 15.1. The largest absolute Gasteiger partial charge is 0.449 e. The molecule has 0 fully saturated rings. The highest BCUT2D eigenvalue weighted by Gasteiger charge is 2.40. The summed E-state index contributed by atoms with van der Waals surface area (Å²) >= 11 is 6.04. The fourth-order valence-electron chi connectivity index (χ4n) is 3.22. The third kappa shape index (κ3) is 2.84. The SMILES string of the molecule is Cc1c(Cl)cnc2nc(C(=O)N3Cc4cnc(C(F)(F)F)n4C[C@@H]3C)[nH]c12. The lowest BCUT2D eigenvalue weighted by Crippen LogP contribution is -2.45. The number of nitrogens with zero attached hydrogens (tertiary/aromatic N) is 5. The standard InChI is InChI=1S/C16H14ClF3N6O/c1-7-5-26-9(3-22-15(26)16(18,19)20)6-25(7)14(27)13-23-11-8(2)10(17)4-21-12(11)24-13/h3-4,7H,5-6H2,1-2H3,(H,21,23,24)/t7-/m0/s1. The smallest absolute Gasteiger partial charge is 0.332 e. The molecule has 0 saturated carbocycles. The second kappa shape index (κ2) is 5.95. The first-order valence-electron chi connectivity index (χ1n) is 8.10. The number of H-pyrrole nitrogens is 1. The Hall–Kier alpha value is -2.62. The third-order valence-corrected chi connectivity index (χ3v) is 5.07. The summed E-state index contributed by atoms with van der Waals surface area (Å²) in [7, 11) is 0. The highest BCUT2D eigenvalue weighted by Crippen LogP contribution is 2.32. The Labute approximate surface area is 156 Å². The van der Waals surface area contributed by atoms with Gasteiger partial charge in [-0.2, -0.15) is 13.2 Å². The van der Waals surface area contributed by atoms with E-state index in [9.17, 15) is 18.0 Å². The lowest BCUT2D eigenvalue weighted by Gasteiger charge is -2.34. The maximum atomic E-state index is 13.0. The van der Waals surface area contributed by atoms with Crippen molar-refractivity contribution < 1.29 is 18.0 Å². The van der Waals surface area contributed by atoms with Gasteiger partial charge in [-0.15, -0.1) is 0 Å². The van der Waals surface area contributed by atoms with Gasteiger partial charge in [0.05, 0.1) is 29.0 Å². The van der Waals surface area contributed by atoms with Gasteiger partial charge in [0.15, 0.2) is 11.5 Å². The first-order chi connectivity index (χ1) is 12.7. The molecule has 1 aliphatic heterocycles. The van der Waals surface area contributed by atoms with Crippen molar-refractivity contribution in [3.05, 3.63) is 40.3 Å². The van der Waals surface area contributed by atoms with Crippen molar-refractivity contribution in [2.24, 2.45) is 0 Å². The summed E-state index contributed by atoms with van der Waals surface area (Å²) in [4.78, 5) is 29.1. The normalized spacial score (nSPS) is 17.4. The Morgan fingerprint density at radius 2 is 2.07 bits per heavy atom. The van der Waals surface area contributed by atoms with Crippen molar-refractivity contribution in [2.45, 2.75) is 39.2 Å². The van der Waals surface area contributed by atoms with Crippen LogP contribution in [0.2, 0.25) is 5.02 Å². The molecule has 4 heterocycles. The summed E-state index contributed by atoms with van der Waals surface area (Å²) in [6.45, 7) is 3.47. The van der Waals surface area contributed by atoms with E-state index >= 15 is 0 Å².